The highest BCUT2D eigenvalue weighted by Crippen LogP contribution is 2.20. The molecule has 2 heterocycles. The van der Waals surface area contributed by atoms with Crippen molar-refractivity contribution >= 4 is 0 Å². The standard InChI is InChI=1S/C20H28N2O6/c1-15-17(13-23)21-5-3-19(15)27-11-9-25-7-8-26-10-12-28-20-4-6-22-18(14-24)16(20)2/h3-6,23-24H,7-14H2,1-2H3. The maximum atomic E-state index is 9.20. The average Bonchev–Trinajstić information content (AvgIpc) is 2.71. The molecule has 154 valence electrons. The molecule has 0 atom stereocenters. The third-order valence-corrected chi connectivity index (χ3v) is 4.16. The van der Waals surface area contributed by atoms with E-state index in [9.17, 15) is 10.2 Å². The molecule has 2 aromatic heterocycles. The number of hydrogen-bond acceptors (Lipinski definition) is 8. The maximum absolute atomic E-state index is 9.20. The summed E-state index contributed by atoms with van der Waals surface area (Å²) in [7, 11) is 0. The summed E-state index contributed by atoms with van der Waals surface area (Å²) in [5.41, 5.74) is 2.90. The van der Waals surface area contributed by atoms with Crippen molar-refractivity contribution in [3.63, 3.8) is 0 Å². The van der Waals surface area contributed by atoms with Crippen LogP contribution in [0.4, 0.5) is 0 Å². The number of aliphatic hydroxyl groups excluding tert-OH is 2. The summed E-state index contributed by atoms with van der Waals surface area (Å²) in [6.45, 7) is 6.14. The number of aromatic nitrogens is 2. The van der Waals surface area contributed by atoms with Gasteiger partial charge in [-0.3, -0.25) is 9.97 Å². The van der Waals surface area contributed by atoms with E-state index in [0.29, 0.717) is 62.5 Å². The van der Waals surface area contributed by atoms with Gasteiger partial charge in [-0.2, -0.15) is 0 Å². The molecule has 0 unspecified atom stereocenters. The summed E-state index contributed by atoms with van der Waals surface area (Å²) in [5.74, 6) is 1.40. The molecule has 2 N–H and O–H groups in total. The minimum absolute atomic E-state index is 0.107. The van der Waals surface area contributed by atoms with Crippen LogP contribution in [0.1, 0.15) is 22.5 Å². The van der Waals surface area contributed by atoms with Gasteiger partial charge in [0.05, 0.1) is 51.0 Å². The van der Waals surface area contributed by atoms with Gasteiger partial charge in [0.2, 0.25) is 0 Å². The van der Waals surface area contributed by atoms with Gasteiger partial charge in [-0.25, -0.2) is 0 Å². The van der Waals surface area contributed by atoms with E-state index in [1.165, 1.54) is 0 Å². The summed E-state index contributed by atoms with van der Waals surface area (Å²) in [6.07, 6.45) is 3.23. The van der Waals surface area contributed by atoms with Gasteiger partial charge in [-0.1, -0.05) is 0 Å². The topological polar surface area (TPSA) is 103 Å². The van der Waals surface area contributed by atoms with Crippen LogP contribution < -0.4 is 9.47 Å². The molecule has 0 spiro atoms. The van der Waals surface area contributed by atoms with E-state index in [1.807, 2.05) is 13.8 Å². The van der Waals surface area contributed by atoms with Crippen molar-refractivity contribution < 1.29 is 29.2 Å². The van der Waals surface area contributed by atoms with Crippen molar-refractivity contribution in [1.82, 2.24) is 9.97 Å². The minimum atomic E-state index is -0.107. The molecule has 28 heavy (non-hydrogen) atoms. The van der Waals surface area contributed by atoms with Crippen LogP contribution in [0.3, 0.4) is 0 Å². The molecule has 0 saturated heterocycles. The van der Waals surface area contributed by atoms with Crippen LogP contribution in [0.2, 0.25) is 0 Å². The summed E-state index contributed by atoms with van der Waals surface area (Å²) in [5, 5.41) is 18.4. The van der Waals surface area contributed by atoms with Crippen molar-refractivity contribution in [2.24, 2.45) is 0 Å². The number of hydrogen-bond donors (Lipinski definition) is 2. The van der Waals surface area contributed by atoms with E-state index in [2.05, 4.69) is 9.97 Å². The maximum Gasteiger partial charge on any atom is 0.125 e. The van der Waals surface area contributed by atoms with Crippen LogP contribution in [0, 0.1) is 13.8 Å². The lowest BCUT2D eigenvalue weighted by molar-refractivity contribution is 0.0272. The van der Waals surface area contributed by atoms with Crippen molar-refractivity contribution in [3.8, 4) is 11.5 Å². The minimum Gasteiger partial charge on any atom is -0.491 e. The predicted octanol–water partition coefficient (Wildman–Crippen LogP) is 1.57. The van der Waals surface area contributed by atoms with Crippen LogP contribution in [0.25, 0.3) is 0 Å². The average molecular weight is 392 g/mol. The molecule has 2 rings (SSSR count). The number of nitrogens with zero attached hydrogens (tertiary/aromatic N) is 2. The Morgan fingerprint density at radius 2 is 1.07 bits per heavy atom. The van der Waals surface area contributed by atoms with Gasteiger partial charge in [0.1, 0.15) is 24.7 Å². The fraction of sp³-hybridized carbons (Fsp3) is 0.500. The van der Waals surface area contributed by atoms with Gasteiger partial charge >= 0.3 is 0 Å². The normalized spacial score (nSPS) is 10.9. The zero-order chi connectivity index (χ0) is 20.2. The van der Waals surface area contributed by atoms with Crippen molar-refractivity contribution in [2.45, 2.75) is 27.1 Å². The van der Waals surface area contributed by atoms with E-state index in [4.69, 9.17) is 18.9 Å². The molecule has 0 radical (unpaired) electrons. The van der Waals surface area contributed by atoms with Gasteiger partial charge in [-0.15, -0.1) is 0 Å². The second-order valence-electron chi connectivity index (χ2n) is 6.00. The van der Waals surface area contributed by atoms with Crippen LogP contribution in [0.15, 0.2) is 24.5 Å². The molecule has 0 aliphatic heterocycles. The molecule has 2 aromatic rings. The van der Waals surface area contributed by atoms with Crippen molar-refractivity contribution in [1.29, 1.82) is 0 Å². The molecule has 0 aliphatic rings. The molecule has 0 fully saturated rings. The van der Waals surface area contributed by atoms with E-state index in [0.717, 1.165) is 11.1 Å². The lowest BCUT2D eigenvalue weighted by atomic mass is 10.2. The molecular weight excluding hydrogens is 364 g/mol. The monoisotopic (exact) mass is 392 g/mol. The Morgan fingerprint density at radius 1 is 0.679 bits per heavy atom. The highest BCUT2D eigenvalue weighted by molar-refractivity contribution is 5.34. The highest BCUT2D eigenvalue weighted by Gasteiger charge is 2.06. The molecule has 0 amide bonds. The summed E-state index contributed by atoms with van der Waals surface area (Å²) in [6, 6.07) is 3.54. The first-order valence-corrected chi connectivity index (χ1v) is 9.19. The number of pyridine rings is 2. The van der Waals surface area contributed by atoms with E-state index in [-0.39, 0.29) is 13.2 Å². The number of aliphatic hydroxyl groups is 2. The molecule has 0 aromatic carbocycles. The number of rotatable bonds is 13. The molecular formula is C20H28N2O6. The molecule has 8 nitrogen and oxygen atoms in total. The zero-order valence-electron chi connectivity index (χ0n) is 16.4. The molecule has 8 heteroatoms. The van der Waals surface area contributed by atoms with Gasteiger partial charge < -0.3 is 29.2 Å². The summed E-state index contributed by atoms with van der Waals surface area (Å²) >= 11 is 0. The molecule has 0 aliphatic carbocycles. The summed E-state index contributed by atoms with van der Waals surface area (Å²) < 4.78 is 22.2. The lowest BCUT2D eigenvalue weighted by Gasteiger charge is -2.12. The Morgan fingerprint density at radius 3 is 1.46 bits per heavy atom. The highest BCUT2D eigenvalue weighted by atomic mass is 16.6. The van der Waals surface area contributed by atoms with Gasteiger partial charge in [0.15, 0.2) is 0 Å². The lowest BCUT2D eigenvalue weighted by Crippen LogP contribution is -2.14. The number of ether oxygens (including phenoxy) is 4. The smallest absolute Gasteiger partial charge is 0.125 e. The summed E-state index contributed by atoms with van der Waals surface area (Å²) in [4.78, 5) is 8.16. The SMILES string of the molecule is Cc1c(OCCOCCOCCOc2ccnc(CO)c2C)ccnc1CO. The van der Waals surface area contributed by atoms with E-state index < -0.39 is 0 Å². The molecule has 0 saturated carbocycles. The second-order valence-corrected chi connectivity index (χ2v) is 6.00. The second kappa shape index (κ2) is 12.2. The van der Waals surface area contributed by atoms with Gasteiger partial charge in [-0.05, 0) is 26.0 Å². The first kappa shape index (κ1) is 22.0. The third kappa shape index (κ3) is 6.72. The van der Waals surface area contributed by atoms with Crippen molar-refractivity contribution in [3.05, 3.63) is 47.0 Å². The third-order valence-electron chi connectivity index (χ3n) is 4.16. The Balaban J connectivity index is 1.51. The first-order valence-electron chi connectivity index (χ1n) is 9.19. The Labute approximate surface area is 165 Å². The van der Waals surface area contributed by atoms with Gasteiger partial charge in [0, 0.05) is 23.5 Å². The van der Waals surface area contributed by atoms with Gasteiger partial charge in [0.25, 0.3) is 0 Å². The Hall–Kier alpha value is -2.26. The first-order chi connectivity index (χ1) is 13.7. The fourth-order valence-corrected chi connectivity index (χ4v) is 2.49. The fourth-order valence-electron chi connectivity index (χ4n) is 2.49. The predicted molar refractivity (Wildman–Crippen MR) is 102 cm³/mol. The zero-order valence-corrected chi connectivity index (χ0v) is 16.4. The van der Waals surface area contributed by atoms with Crippen molar-refractivity contribution in [2.75, 3.05) is 39.6 Å². The van der Waals surface area contributed by atoms with Crippen LogP contribution >= 0.6 is 0 Å². The van der Waals surface area contributed by atoms with Crippen LogP contribution in [0.5, 0.6) is 11.5 Å². The van der Waals surface area contributed by atoms with Crippen LogP contribution in [-0.4, -0.2) is 59.8 Å². The van der Waals surface area contributed by atoms with Crippen LogP contribution in [-0.2, 0) is 22.7 Å². The van der Waals surface area contributed by atoms with E-state index in [1.54, 1.807) is 24.5 Å². The quantitative estimate of drug-likeness (QED) is 0.495. The Bertz CT molecular complexity index is 664. The largest absolute Gasteiger partial charge is 0.491 e. The van der Waals surface area contributed by atoms with E-state index >= 15 is 0 Å². The Kier molecular flexibility index (Phi) is 9.64. The molecule has 0 bridgehead atoms.